The Labute approximate surface area is 165 Å². The molecule has 0 spiro atoms. The molecule has 3 aromatic rings. The summed E-state index contributed by atoms with van der Waals surface area (Å²) in [6.07, 6.45) is 1.44. The van der Waals surface area contributed by atoms with Crippen LogP contribution in [0.2, 0.25) is 0 Å². The van der Waals surface area contributed by atoms with E-state index in [1.807, 2.05) is 39.0 Å². The van der Waals surface area contributed by atoms with Crippen molar-refractivity contribution in [3.63, 3.8) is 0 Å². The van der Waals surface area contributed by atoms with E-state index in [0.29, 0.717) is 34.9 Å². The molecule has 0 saturated heterocycles. The summed E-state index contributed by atoms with van der Waals surface area (Å²) in [6.45, 7) is 6.73. The van der Waals surface area contributed by atoms with Gasteiger partial charge in [0.05, 0.1) is 17.8 Å². The number of nitrogens with one attached hydrogen (secondary N) is 1. The van der Waals surface area contributed by atoms with Crippen LogP contribution in [0.3, 0.4) is 0 Å². The van der Waals surface area contributed by atoms with Crippen LogP contribution < -0.4 is 20.3 Å². The maximum Gasteiger partial charge on any atom is 0.262 e. The summed E-state index contributed by atoms with van der Waals surface area (Å²) in [6, 6.07) is 5.38. The second kappa shape index (κ2) is 7.27. The molecule has 0 fully saturated rings. The molecular formula is C20H21N3O4S. The molecule has 0 aliphatic carbocycles. The lowest BCUT2D eigenvalue weighted by atomic mass is 10.1. The lowest BCUT2D eigenvalue weighted by molar-refractivity contribution is -0.122. The Balaban J connectivity index is 1.50. The van der Waals surface area contributed by atoms with Gasteiger partial charge in [-0.2, -0.15) is 0 Å². The number of aromatic nitrogens is 2. The highest BCUT2D eigenvalue weighted by atomic mass is 32.1. The quantitative estimate of drug-likeness (QED) is 0.729. The Hall–Kier alpha value is -2.87. The van der Waals surface area contributed by atoms with Gasteiger partial charge in [0.1, 0.15) is 24.6 Å². The molecule has 4 rings (SSSR count). The molecule has 8 heteroatoms. The van der Waals surface area contributed by atoms with Crippen LogP contribution in [-0.4, -0.2) is 28.7 Å². The number of amides is 1. The lowest BCUT2D eigenvalue weighted by Gasteiger charge is -2.21. The fourth-order valence-electron chi connectivity index (χ4n) is 3.24. The normalized spacial score (nSPS) is 14.1. The Kier molecular flexibility index (Phi) is 4.80. The standard InChI is InChI=1S/C20H21N3O4S/c1-11-13(3)28-19-18(11)20(25)23(10-21-19)9-17(24)22-12(2)14-4-5-15-16(8-14)27-7-6-26-15/h4-5,8,10,12H,6-7,9H2,1-3H3,(H,22,24)/t12-/m0/s1. The number of rotatable bonds is 4. The van der Waals surface area contributed by atoms with Crippen LogP contribution in [0.25, 0.3) is 10.2 Å². The lowest BCUT2D eigenvalue weighted by Crippen LogP contribution is -2.34. The maximum absolute atomic E-state index is 12.7. The highest BCUT2D eigenvalue weighted by molar-refractivity contribution is 7.18. The molecule has 1 aliphatic rings. The summed E-state index contributed by atoms with van der Waals surface area (Å²) in [4.78, 5) is 31.4. The van der Waals surface area contributed by atoms with Crippen molar-refractivity contribution in [1.82, 2.24) is 14.9 Å². The van der Waals surface area contributed by atoms with Crippen molar-refractivity contribution < 1.29 is 14.3 Å². The van der Waals surface area contributed by atoms with Crippen LogP contribution in [-0.2, 0) is 11.3 Å². The number of carbonyl (C=O) groups excluding carboxylic acids is 1. The number of hydrogen-bond donors (Lipinski definition) is 1. The predicted molar refractivity (Wildman–Crippen MR) is 107 cm³/mol. The number of carbonyl (C=O) groups is 1. The summed E-state index contributed by atoms with van der Waals surface area (Å²) < 4.78 is 12.5. The van der Waals surface area contributed by atoms with Gasteiger partial charge >= 0.3 is 0 Å². The summed E-state index contributed by atoms with van der Waals surface area (Å²) in [5.74, 6) is 1.13. The van der Waals surface area contributed by atoms with Crippen LogP contribution in [0, 0.1) is 13.8 Å². The smallest absolute Gasteiger partial charge is 0.262 e. The zero-order valence-corrected chi connectivity index (χ0v) is 16.8. The van der Waals surface area contributed by atoms with Crippen LogP contribution >= 0.6 is 11.3 Å². The number of benzene rings is 1. The summed E-state index contributed by atoms with van der Waals surface area (Å²) in [5, 5.41) is 3.52. The number of hydrogen-bond acceptors (Lipinski definition) is 6. The van der Waals surface area contributed by atoms with Gasteiger partial charge < -0.3 is 14.8 Å². The van der Waals surface area contributed by atoms with Crippen LogP contribution in [0.5, 0.6) is 11.5 Å². The van der Waals surface area contributed by atoms with E-state index in [0.717, 1.165) is 16.0 Å². The zero-order valence-electron chi connectivity index (χ0n) is 15.9. The molecule has 0 bridgehead atoms. The largest absolute Gasteiger partial charge is 0.486 e. The topological polar surface area (TPSA) is 82.5 Å². The van der Waals surface area contributed by atoms with Crippen molar-refractivity contribution in [1.29, 1.82) is 0 Å². The van der Waals surface area contributed by atoms with E-state index < -0.39 is 0 Å². The second-order valence-corrected chi connectivity index (χ2v) is 8.04. The highest BCUT2D eigenvalue weighted by Gasteiger charge is 2.17. The number of fused-ring (bicyclic) bond motifs is 2. The Bertz CT molecular complexity index is 1120. The minimum Gasteiger partial charge on any atom is -0.486 e. The minimum absolute atomic E-state index is 0.0784. The van der Waals surface area contributed by atoms with Crippen molar-refractivity contribution in [2.45, 2.75) is 33.4 Å². The number of aryl methyl sites for hydroxylation is 2. The Morgan fingerprint density at radius 2 is 2.04 bits per heavy atom. The van der Waals surface area contributed by atoms with E-state index in [9.17, 15) is 9.59 Å². The van der Waals surface area contributed by atoms with Gasteiger partial charge in [0.15, 0.2) is 11.5 Å². The van der Waals surface area contributed by atoms with Gasteiger partial charge in [-0.1, -0.05) is 6.07 Å². The summed E-state index contributed by atoms with van der Waals surface area (Å²) >= 11 is 1.49. The van der Waals surface area contributed by atoms with Gasteiger partial charge in [0.25, 0.3) is 5.56 Å². The Morgan fingerprint density at radius 1 is 1.29 bits per heavy atom. The van der Waals surface area contributed by atoms with E-state index in [4.69, 9.17) is 9.47 Å². The molecule has 2 aromatic heterocycles. The number of thiophene rings is 1. The third-order valence-electron chi connectivity index (χ3n) is 4.91. The first-order valence-corrected chi connectivity index (χ1v) is 9.89. The number of nitrogens with zero attached hydrogens (tertiary/aromatic N) is 2. The van der Waals surface area contributed by atoms with E-state index in [1.54, 1.807) is 0 Å². The molecule has 3 heterocycles. The molecule has 1 aromatic carbocycles. The zero-order chi connectivity index (χ0) is 19.8. The van der Waals surface area contributed by atoms with E-state index >= 15 is 0 Å². The minimum atomic E-state index is -0.254. The predicted octanol–water partition coefficient (Wildman–Crippen LogP) is 2.72. The fourth-order valence-corrected chi connectivity index (χ4v) is 4.22. The molecule has 146 valence electrons. The van der Waals surface area contributed by atoms with Crippen molar-refractivity contribution in [3.05, 3.63) is 50.9 Å². The molecule has 1 amide bonds. The van der Waals surface area contributed by atoms with E-state index in [1.165, 1.54) is 22.2 Å². The first-order valence-electron chi connectivity index (χ1n) is 9.08. The average molecular weight is 399 g/mol. The summed E-state index contributed by atoms with van der Waals surface area (Å²) in [7, 11) is 0. The van der Waals surface area contributed by atoms with Gasteiger partial charge in [0.2, 0.25) is 5.91 Å². The van der Waals surface area contributed by atoms with Crippen molar-refractivity contribution in [3.8, 4) is 11.5 Å². The summed E-state index contributed by atoms with van der Waals surface area (Å²) in [5.41, 5.74) is 1.65. The first kappa shape index (κ1) is 18.5. The van der Waals surface area contributed by atoms with Gasteiger partial charge in [-0.15, -0.1) is 11.3 Å². The third kappa shape index (κ3) is 3.35. The van der Waals surface area contributed by atoms with Crippen molar-refractivity contribution in [2.24, 2.45) is 0 Å². The van der Waals surface area contributed by atoms with Gasteiger partial charge in [0, 0.05) is 4.88 Å². The first-order chi connectivity index (χ1) is 13.4. The molecule has 7 nitrogen and oxygen atoms in total. The van der Waals surface area contributed by atoms with Gasteiger partial charge in [-0.3, -0.25) is 14.2 Å². The number of ether oxygens (including phenoxy) is 2. The molecule has 1 aliphatic heterocycles. The molecule has 28 heavy (non-hydrogen) atoms. The van der Waals surface area contributed by atoms with Crippen molar-refractivity contribution in [2.75, 3.05) is 13.2 Å². The SMILES string of the molecule is Cc1sc2ncn(CC(=O)N[C@@H](C)c3ccc4c(c3)OCCO4)c(=O)c2c1C. The molecule has 0 radical (unpaired) electrons. The van der Waals surface area contributed by atoms with Crippen LogP contribution in [0.1, 0.15) is 29.0 Å². The van der Waals surface area contributed by atoms with Crippen LogP contribution in [0.4, 0.5) is 0 Å². The molecule has 1 N–H and O–H groups in total. The molecule has 0 saturated carbocycles. The molecular weight excluding hydrogens is 378 g/mol. The molecule has 0 unspecified atom stereocenters. The third-order valence-corrected chi connectivity index (χ3v) is 6.03. The highest BCUT2D eigenvalue weighted by Crippen LogP contribution is 2.32. The Morgan fingerprint density at radius 3 is 2.82 bits per heavy atom. The van der Waals surface area contributed by atoms with E-state index in [-0.39, 0.29) is 24.1 Å². The average Bonchev–Trinajstić information content (AvgIpc) is 2.98. The monoisotopic (exact) mass is 399 g/mol. The van der Waals surface area contributed by atoms with E-state index in [2.05, 4.69) is 10.3 Å². The van der Waals surface area contributed by atoms with Gasteiger partial charge in [-0.25, -0.2) is 4.98 Å². The fraction of sp³-hybridized carbons (Fsp3) is 0.350. The van der Waals surface area contributed by atoms with Gasteiger partial charge in [-0.05, 0) is 44.0 Å². The maximum atomic E-state index is 12.7. The van der Waals surface area contributed by atoms with Crippen LogP contribution in [0.15, 0.2) is 29.3 Å². The molecule has 1 atom stereocenters. The van der Waals surface area contributed by atoms with Crippen molar-refractivity contribution >= 4 is 27.5 Å². The second-order valence-electron chi connectivity index (χ2n) is 6.83.